The molecule has 0 spiro atoms. The van der Waals surface area contributed by atoms with Crippen molar-refractivity contribution in [3.63, 3.8) is 0 Å². The molecule has 0 aromatic carbocycles. The van der Waals surface area contributed by atoms with Gasteiger partial charge in [-0.15, -0.1) is 11.6 Å². The second-order valence-corrected chi connectivity index (χ2v) is 6.44. The lowest BCUT2D eigenvalue weighted by molar-refractivity contribution is -0.345. The Morgan fingerprint density at radius 1 is 1.17 bits per heavy atom. The average Bonchev–Trinajstić information content (AvgIpc) is 2.44. The van der Waals surface area contributed by atoms with E-state index in [-0.39, 0.29) is 17.3 Å². The highest BCUT2D eigenvalue weighted by molar-refractivity contribution is 8.13. The fraction of sp³-hybridized carbons (Fsp3) is 0.917. The molecule has 0 rings (SSSR count). The third kappa shape index (κ3) is 6.21. The number of carbonyl (C=O) groups excluding carboxylic acids is 1. The van der Waals surface area contributed by atoms with Gasteiger partial charge in [0.25, 0.3) is 0 Å². The molecular formula is C12H15ClF8O2S. The molecule has 0 fully saturated rings. The maximum Gasteiger partial charge on any atom is 0.380 e. The average molecular weight is 411 g/mol. The molecule has 2 nitrogen and oxygen atoms in total. The lowest BCUT2D eigenvalue weighted by Crippen LogP contribution is -2.59. The standard InChI is InChI=1S/C12H15ClF8O2S/c1-2-3-8(22)24-5-7(13)4-23-6-10(16,17)12(20,21)11(18,19)9(14)15/h7,9H,2-6H2,1H3. The number of alkyl halides is 9. The number of carbonyl (C=O) groups is 1. The molecule has 0 aromatic heterocycles. The molecule has 0 aliphatic heterocycles. The minimum Gasteiger partial charge on any atom is -0.373 e. The van der Waals surface area contributed by atoms with Crippen LogP contribution in [0.4, 0.5) is 35.1 Å². The fourth-order valence-corrected chi connectivity index (χ4v) is 2.38. The maximum absolute atomic E-state index is 13.1. The van der Waals surface area contributed by atoms with E-state index < -0.39 is 42.8 Å². The van der Waals surface area contributed by atoms with E-state index in [0.717, 1.165) is 11.8 Å². The predicted octanol–water partition coefficient (Wildman–Crippen LogP) is 4.84. The third-order valence-electron chi connectivity index (χ3n) is 2.61. The molecule has 0 saturated heterocycles. The molecule has 144 valence electrons. The van der Waals surface area contributed by atoms with Gasteiger partial charge in [0.1, 0.15) is 6.61 Å². The predicted molar refractivity (Wildman–Crippen MR) is 73.7 cm³/mol. The van der Waals surface area contributed by atoms with Gasteiger partial charge in [0.15, 0.2) is 5.12 Å². The zero-order valence-electron chi connectivity index (χ0n) is 12.3. The van der Waals surface area contributed by atoms with Gasteiger partial charge in [-0.1, -0.05) is 18.7 Å². The van der Waals surface area contributed by atoms with Gasteiger partial charge in [-0.25, -0.2) is 8.78 Å². The van der Waals surface area contributed by atoms with Gasteiger partial charge in [0.2, 0.25) is 0 Å². The highest BCUT2D eigenvalue weighted by Crippen LogP contribution is 2.48. The normalized spacial score (nSPS) is 15.0. The van der Waals surface area contributed by atoms with Crippen molar-refractivity contribution in [2.45, 2.75) is 49.3 Å². The van der Waals surface area contributed by atoms with Crippen LogP contribution in [0.15, 0.2) is 0 Å². The molecular weight excluding hydrogens is 396 g/mol. The Kier molecular flexibility index (Phi) is 9.31. The van der Waals surface area contributed by atoms with Crippen LogP contribution in [0.3, 0.4) is 0 Å². The summed E-state index contributed by atoms with van der Waals surface area (Å²) in [5.41, 5.74) is 0. The molecule has 0 aromatic rings. The van der Waals surface area contributed by atoms with Crippen molar-refractivity contribution in [1.82, 2.24) is 0 Å². The largest absolute Gasteiger partial charge is 0.380 e. The van der Waals surface area contributed by atoms with Gasteiger partial charge >= 0.3 is 24.2 Å². The highest BCUT2D eigenvalue weighted by Gasteiger charge is 2.75. The van der Waals surface area contributed by atoms with Crippen LogP contribution in [-0.2, 0) is 9.53 Å². The van der Waals surface area contributed by atoms with Gasteiger partial charge in [0, 0.05) is 12.2 Å². The number of hydrogen-bond acceptors (Lipinski definition) is 3. The van der Waals surface area contributed by atoms with E-state index in [4.69, 9.17) is 11.6 Å². The Labute approximate surface area is 142 Å². The van der Waals surface area contributed by atoms with Crippen LogP contribution in [-0.4, -0.2) is 53.7 Å². The van der Waals surface area contributed by atoms with Crippen LogP contribution in [0.1, 0.15) is 19.8 Å². The zero-order valence-corrected chi connectivity index (χ0v) is 13.9. The van der Waals surface area contributed by atoms with Gasteiger partial charge in [-0.2, -0.15) is 26.3 Å². The van der Waals surface area contributed by atoms with Crippen LogP contribution in [0.2, 0.25) is 0 Å². The molecule has 0 aliphatic rings. The Bertz CT molecular complexity index is 409. The topological polar surface area (TPSA) is 26.3 Å². The smallest absolute Gasteiger partial charge is 0.373 e. The van der Waals surface area contributed by atoms with Crippen LogP contribution in [0.25, 0.3) is 0 Å². The highest BCUT2D eigenvalue weighted by atomic mass is 35.5. The van der Waals surface area contributed by atoms with E-state index in [1.165, 1.54) is 0 Å². The lowest BCUT2D eigenvalue weighted by Gasteiger charge is -2.32. The van der Waals surface area contributed by atoms with Crippen molar-refractivity contribution in [3.8, 4) is 0 Å². The summed E-state index contributed by atoms with van der Waals surface area (Å²) in [5.74, 6) is -18.1. The van der Waals surface area contributed by atoms with Crippen LogP contribution >= 0.6 is 23.4 Å². The van der Waals surface area contributed by atoms with Crippen molar-refractivity contribution in [3.05, 3.63) is 0 Å². The summed E-state index contributed by atoms with van der Waals surface area (Å²) in [5, 5.41) is -1.26. The minimum atomic E-state index is -6.30. The lowest BCUT2D eigenvalue weighted by atomic mass is 10.1. The van der Waals surface area contributed by atoms with E-state index >= 15 is 0 Å². The molecule has 0 heterocycles. The van der Waals surface area contributed by atoms with Gasteiger partial charge < -0.3 is 4.74 Å². The fourth-order valence-electron chi connectivity index (χ4n) is 1.29. The van der Waals surface area contributed by atoms with Crippen molar-refractivity contribution in [2.75, 3.05) is 19.0 Å². The minimum absolute atomic E-state index is 0.0739. The quantitative estimate of drug-likeness (QED) is 0.360. The van der Waals surface area contributed by atoms with Crippen LogP contribution in [0, 0.1) is 0 Å². The van der Waals surface area contributed by atoms with Gasteiger partial charge in [0.05, 0.1) is 12.0 Å². The van der Waals surface area contributed by atoms with Crippen molar-refractivity contribution < 1.29 is 44.7 Å². The monoisotopic (exact) mass is 410 g/mol. The first-order valence-electron chi connectivity index (χ1n) is 6.58. The van der Waals surface area contributed by atoms with Gasteiger partial charge in [-0.3, -0.25) is 4.79 Å². The number of halogens is 9. The molecule has 0 aliphatic carbocycles. The summed E-state index contributed by atoms with van der Waals surface area (Å²) < 4.78 is 105. The van der Waals surface area contributed by atoms with E-state index in [1.54, 1.807) is 6.92 Å². The molecule has 0 saturated carbocycles. The second kappa shape index (κ2) is 9.42. The number of hydrogen-bond donors (Lipinski definition) is 0. The molecule has 0 N–H and O–H groups in total. The van der Waals surface area contributed by atoms with E-state index in [0.29, 0.717) is 6.42 Å². The molecule has 0 bridgehead atoms. The van der Waals surface area contributed by atoms with Crippen molar-refractivity contribution >= 4 is 28.5 Å². The summed E-state index contributed by atoms with van der Waals surface area (Å²) in [4.78, 5) is 11.2. The summed E-state index contributed by atoms with van der Waals surface area (Å²) in [7, 11) is 0. The molecule has 0 amide bonds. The summed E-state index contributed by atoms with van der Waals surface area (Å²) in [6, 6.07) is 0. The van der Waals surface area contributed by atoms with Crippen LogP contribution in [0.5, 0.6) is 0 Å². The first kappa shape index (κ1) is 23.7. The number of thioether (sulfide) groups is 1. The Morgan fingerprint density at radius 2 is 1.71 bits per heavy atom. The molecule has 24 heavy (non-hydrogen) atoms. The zero-order chi connectivity index (χ0) is 19.2. The second-order valence-electron chi connectivity index (χ2n) is 4.75. The summed E-state index contributed by atoms with van der Waals surface area (Å²) in [6.07, 6.45) is -4.14. The third-order valence-corrected chi connectivity index (χ3v) is 4.17. The summed E-state index contributed by atoms with van der Waals surface area (Å²) >= 11 is 6.39. The Morgan fingerprint density at radius 3 is 2.17 bits per heavy atom. The summed E-state index contributed by atoms with van der Waals surface area (Å²) in [6.45, 7) is -1.23. The van der Waals surface area contributed by atoms with E-state index in [1.807, 2.05) is 0 Å². The maximum atomic E-state index is 13.1. The first-order valence-corrected chi connectivity index (χ1v) is 8.00. The number of rotatable bonds is 11. The SMILES string of the molecule is CCCC(=O)SCC(Cl)COCC(F)(F)C(F)(F)C(F)(F)C(F)F. The Balaban J connectivity index is 4.50. The molecule has 0 radical (unpaired) electrons. The first-order chi connectivity index (χ1) is 10.8. The molecule has 1 atom stereocenters. The van der Waals surface area contributed by atoms with Gasteiger partial charge in [-0.05, 0) is 6.42 Å². The van der Waals surface area contributed by atoms with Crippen LogP contribution < -0.4 is 0 Å². The van der Waals surface area contributed by atoms with Crippen molar-refractivity contribution in [2.24, 2.45) is 0 Å². The molecule has 12 heteroatoms. The van der Waals surface area contributed by atoms with E-state index in [2.05, 4.69) is 4.74 Å². The molecule has 1 unspecified atom stereocenters. The number of ether oxygens (including phenoxy) is 1. The van der Waals surface area contributed by atoms with E-state index in [9.17, 15) is 39.9 Å². The van der Waals surface area contributed by atoms with Crippen molar-refractivity contribution in [1.29, 1.82) is 0 Å². The Hall–Kier alpha value is -0.290.